The van der Waals surface area contributed by atoms with E-state index in [9.17, 15) is 8.42 Å². The molecule has 1 saturated heterocycles. The molecule has 18 heavy (non-hydrogen) atoms. The average Bonchev–Trinajstić information content (AvgIpc) is 2.31. The van der Waals surface area contributed by atoms with Gasteiger partial charge in [0.05, 0.1) is 10.1 Å². The second-order valence-corrected chi connectivity index (χ2v) is 6.29. The van der Waals surface area contributed by atoms with Crippen LogP contribution in [0, 0.1) is 0 Å². The first-order valence-electron chi connectivity index (χ1n) is 5.41. The van der Waals surface area contributed by atoms with E-state index in [4.69, 9.17) is 5.73 Å². The highest BCUT2D eigenvalue weighted by Crippen LogP contribution is 2.22. The van der Waals surface area contributed by atoms with Gasteiger partial charge in [0.1, 0.15) is 0 Å². The van der Waals surface area contributed by atoms with Crippen LogP contribution in [0.25, 0.3) is 0 Å². The van der Waals surface area contributed by atoms with E-state index in [0.29, 0.717) is 23.4 Å². The average molecular weight is 313 g/mol. The Morgan fingerprint density at radius 1 is 1.06 bits per heavy atom. The molecule has 0 saturated carbocycles. The van der Waals surface area contributed by atoms with Crippen LogP contribution >= 0.6 is 24.8 Å². The zero-order valence-electron chi connectivity index (χ0n) is 9.83. The van der Waals surface area contributed by atoms with Crippen LogP contribution in [0.3, 0.4) is 0 Å². The molecule has 0 unspecified atom stereocenters. The summed E-state index contributed by atoms with van der Waals surface area (Å²) >= 11 is 0. The van der Waals surface area contributed by atoms with Crippen LogP contribution in [0.1, 0.15) is 12.8 Å². The van der Waals surface area contributed by atoms with Crippen LogP contribution in [0.15, 0.2) is 29.2 Å². The molecule has 7 heteroatoms. The Labute approximate surface area is 120 Å². The van der Waals surface area contributed by atoms with Gasteiger partial charge >= 0.3 is 0 Å². The maximum Gasteiger partial charge on any atom is 0.181 e. The maximum atomic E-state index is 12.2. The van der Waals surface area contributed by atoms with Gasteiger partial charge < -0.3 is 11.1 Å². The number of nitrogens with one attached hydrogen (secondary N) is 1. The van der Waals surface area contributed by atoms with Crippen molar-refractivity contribution in [2.24, 2.45) is 0 Å². The van der Waals surface area contributed by atoms with Gasteiger partial charge in [-0.3, -0.25) is 0 Å². The molecular formula is C11H18Cl2N2O2S. The lowest BCUT2D eigenvalue weighted by Crippen LogP contribution is -2.35. The van der Waals surface area contributed by atoms with Gasteiger partial charge in [0.25, 0.3) is 0 Å². The molecule has 1 fully saturated rings. The van der Waals surface area contributed by atoms with E-state index in [0.717, 1.165) is 13.1 Å². The van der Waals surface area contributed by atoms with Gasteiger partial charge in [0, 0.05) is 5.69 Å². The zero-order valence-corrected chi connectivity index (χ0v) is 12.3. The molecule has 1 aliphatic rings. The molecule has 1 aliphatic heterocycles. The van der Waals surface area contributed by atoms with Gasteiger partial charge in [-0.2, -0.15) is 0 Å². The van der Waals surface area contributed by atoms with Crippen molar-refractivity contribution in [1.82, 2.24) is 5.32 Å². The molecule has 0 aromatic heterocycles. The molecule has 2 rings (SSSR count). The number of nitrogens with two attached hydrogens (primary N) is 1. The van der Waals surface area contributed by atoms with E-state index >= 15 is 0 Å². The number of rotatable bonds is 2. The molecule has 3 N–H and O–H groups in total. The largest absolute Gasteiger partial charge is 0.399 e. The van der Waals surface area contributed by atoms with Gasteiger partial charge in [0.2, 0.25) is 0 Å². The van der Waals surface area contributed by atoms with E-state index in [2.05, 4.69) is 5.32 Å². The molecule has 1 aromatic carbocycles. The molecule has 0 aliphatic carbocycles. The van der Waals surface area contributed by atoms with Crippen molar-refractivity contribution in [2.75, 3.05) is 18.8 Å². The topological polar surface area (TPSA) is 72.2 Å². The molecule has 1 aromatic rings. The minimum absolute atomic E-state index is 0. The van der Waals surface area contributed by atoms with Crippen molar-refractivity contribution < 1.29 is 8.42 Å². The standard InChI is InChI=1S/C11H16N2O2S.2ClH/c12-9-1-3-10(4-2-9)16(14,15)11-5-7-13-8-6-11;;/h1-4,11,13H,5-8,12H2;2*1H. The summed E-state index contributed by atoms with van der Waals surface area (Å²) in [5.74, 6) is 0. The first kappa shape index (κ1) is 17.5. The van der Waals surface area contributed by atoms with Crippen molar-refractivity contribution in [3.8, 4) is 0 Å². The number of sulfone groups is 1. The van der Waals surface area contributed by atoms with Crippen LogP contribution in [0.4, 0.5) is 5.69 Å². The Morgan fingerprint density at radius 2 is 1.56 bits per heavy atom. The van der Waals surface area contributed by atoms with E-state index in [1.807, 2.05) is 0 Å². The lowest BCUT2D eigenvalue weighted by molar-refractivity contribution is 0.496. The first-order chi connectivity index (χ1) is 7.60. The lowest BCUT2D eigenvalue weighted by atomic mass is 10.2. The van der Waals surface area contributed by atoms with Crippen LogP contribution in [0.2, 0.25) is 0 Å². The van der Waals surface area contributed by atoms with Crippen molar-refractivity contribution >= 4 is 40.3 Å². The van der Waals surface area contributed by atoms with E-state index in [-0.39, 0.29) is 30.1 Å². The van der Waals surface area contributed by atoms with Crippen molar-refractivity contribution in [3.05, 3.63) is 24.3 Å². The summed E-state index contributed by atoms with van der Waals surface area (Å²) in [4.78, 5) is 0.383. The predicted molar refractivity (Wildman–Crippen MR) is 78.4 cm³/mol. The van der Waals surface area contributed by atoms with Crippen molar-refractivity contribution in [3.63, 3.8) is 0 Å². The van der Waals surface area contributed by atoms with Gasteiger partial charge in [-0.25, -0.2) is 8.42 Å². The Hall–Kier alpha value is -0.490. The molecule has 104 valence electrons. The third kappa shape index (κ3) is 3.75. The summed E-state index contributed by atoms with van der Waals surface area (Å²) < 4.78 is 24.5. The van der Waals surface area contributed by atoms with Gasteiger partial charge in [-0.15, -0.1) is 24.8 Å². The number of hydrogen-bond acceptors (Lipinski definition) is 4. The highest BCUT2D eigenvalue weighted by molar-refractivity contribution is 7.92. The predicted octanol–water partition coefficient (Wildman–Crippen LogP) is 1.64. The number of halogens is 2. The molecule has 0 bridgehead atoms. The lowest BCUT2D eigenvalue weighted by Gasteiger charge is -2.22. The van der Waals surface area contributed by atoms with Gasteiger partial charge in [-0.1, -0.05) is 0 Å². The Kier molecular flexibility index (Phi) is 6.99. The van der Waals surface area contributed by atoms with E-state index in [1.54, 1.807) is 24.3 Å². The van der Waals surface area contributed by atoms with Crippen LogP contribution in [-0.2, 0) is 9.84 Å². The van der Waals surface area contributed by atoms with Crippen LogP contribution in [0.5, 0.6) is 0 Å². The third-order valence-electron chi connectivity index (χ3n) is 2.93. The Morgan fingerprint density at radius 3 is 2.06 bits per heavy atom. The SMILES string of the molecule is Cl.Cl.Nc1ccc(S(=O)(=O)C2CCNCC2)cc1. The van der Waals surface area contributed by atoms with Crippen LogP contribution < -0.4 is 11.1 Å². The number of anilines is 1. The zero-order chi connectivity index (χ0) is 11.6. The fraction of sp³-hybridized carbons (Fsp3) is 0.455. The number of nitrogen functional groups attached to an aromatic ring is 1. The van der Waals surface area contributed by atoms with E-state index in [1.165, 1.54) is 0 Å². The molecule has 0 spiro atoms. The minimum Gasteiger partial charge on any atom is -0.399 e. The second kappa shape index (κ2) is 7.19. The molecule has 0 atom stereocenters. The first-order valence-corrected chi connectivity index (χ1v) is 6.95. The quantitative estimate of drug-likeness (QED) is 0.814. The molecular weight excluding hydrogens is 295 g/mol. The number of piperidine rings is 1. The summed E-state index contributed by atoms with van der Waals surface area (Å²) in [6.07, 6.45) is 1.37. The molecule has 1 heterocycles. The summed E-state index contributed by atoms with van der Waals surface area (Å²) in [5.41, 5.74) is 6.13. The highest BCUT2D eigenvalue weighted by atomic mass is 35.5. The third-order valence-corrected chi connectivity index (χ3v) is 5.21. The normalized spacial score (nSPS) is 16.4. The van der Waals surface area contributed by atoms with Crippen molar-refractivity contribution in [2.45, 2.75) is 23.0 Å². The Balaban J connectivity index is 0.00000144. The molecule has 4 nitrogen and oxygen atoms in total. The summed E-state index contributed by atoms with van der Waals surface area (Å²) in [6, 6.07) is 6.45. The molecule has 0 radical (unpaired) electrons. The Bertz CT molecular complexity index is 456. The van der Waals surface area contributed by atoms with Gasteiger partial charge in [-0.05, 0) is 50.2 Å². The fourth-order valence-electron chi connectivity index (χ4n) is 1.96. The summed E-state index contributed by atoms with van der Waals surface area (Å²) in [5, 5.41) is 2.91. The summed E-state index contributed by atoms with van der Waals surface area (Å²) in [7, 11) is -3.17. The monoisotopic (exact) mass is 312 g/mol. The fourth-order valence-corrected chi connectivity index (χ4v) is 3.71. The highest BCUT2D eigenvalue weighted by Gasteiger charge is 2.28. The van der Waals surface area contributed by atoms with Crippen LogP contribution in [-0.4, -0.2) is 26.8 Å². The number of hydrogen-bond donors (Lipinski definition) is 2. The van der Waals surface area contributed by atoms with E-state index < -0.39 is 9.84 Å². The van der Waals surface area contributed by atoms with Crippen molar-refractivity contribution in [1.29, 1.82) is 0 Å². The molecule has 0 amide bonds. The second-order valence-electron chi connectivity index (χ2n) is 4.06. The maximum absolute atomic E-state index is 12.2. The smallest absolute Gasteiger partial charge is 0.181 e. The summed E-state index contributed by atoms with van der Waals surface area (Å²) in [6.45, 7) is 1.55. The van der Waals surface area contributed by atoms with Gasteiger partial charge in [0.15, 0.2) is 9.84 Å². The minimum atomic E-state index is -3.17. The number of benzene rings is 1.